The molecule has 0 fully saturated rings. The standard InChI is InChI=1S/C14H30.Al.3H/c1-6-7-8-9-14(10-12(2)3)11-13(4)5;;;;/h12-14H,6-11H2,1-5H3;;;;/q;+3;3*-1. The summed E-state index contributed by atoms with van der Waals surface area (Å²) < 4.78 is 0. The van der Waals surface area contributed by atoms with Gasteiger partial charge in [-0.3, -0.25) is 0 Å². The van der Waals surface area contributed by atoms with E-state index in [1.165, 1.54) is 38.5 Å². The Labute approximate surface area is 113 Å². The van der Waals surface area contributed by atoms with E-state index in [9.17, 15) is 0 Å². The predicted molar refractivity (Wildman–Crippen MR) is 75.6 cm³/mol. The van der Waals surface area contributed by atoms with Crippen LogP contribution in [0.5, 0.6) is 0 Å². The fourth-order valence-electron chi connectivity index (χ4n) is 2.35. The summed E-state index contributed by atoms with van der Waals surface area (Å²) in [6.45, 7) is 11.7. The van der Waals surface area contributed by atoms with Gasteiger partial charge < -0.3 is 4.28 Å². The Hall–Kier alpha value is 0.532. The molecule has 0 nitrogen and oxygen atoms in total. The molecule has 0 radical (unpaired) electrons. The number of rotatable bonds is 8. The van der Waals surface area contributed by atoms with Gasteiger partial charge in [0.25, 0.3) is 0 Å². The van der Waals surface area contributed by atoms with Crippen LogP contribution in [0.4, 0.5) is 0 Å². The topological polar surface area (TPSA) is 0 Å². The van der Waals surface area contributed by atoms with Crippen LogP contribution in [0.25, 0.3) is 0 Å². The van der Waals surface area contributed by atoms with E-state index in [0.717, 1.165) is 17.8 Å². The maximum Gasteiger partial charge on any atom is 3.00 e. The van der Waals surface area contributed by atoms with Gasteiger partial charge in [-0.05, 0) is 30.6 Å². The first-order valence-corrected chi connectivity index (χ1v) is 6.56. The minimum absolute atomic E-state index is 0. The summed E-state index contributed by atoms with van der Waals surface area (Å²) >= 11 is 0. The van der Waals surface area contributed by atoms with E-state index in [-0.39, 0.29) is 21.6 Å². The molecule has 15 heavy (non-hydrogen) atoms. The summed E-state index contributed by atoms with van der Waals surface area (Å²) in [6, 6.07) is 0. The van der Waals surface area contributed by atoms with Gasteiger partial charge in [0.1, 0.15) is 0 Å². The van der Waals surface area contributed by atoms with Gasteiger partial charge >= 0.3 is 17.4 Å². The molecule has 0 saturated carbocycles. The van der Waals surface area contributed by atoms with Gasteiger partial charge in [-0.25, -0.2) is 0 Å². The third kappa shape index (κ3) is 12.5. The zero-order valence-corrected chi connectivity index (χ0v) is 12.7. The smallest absolute Gasteiger partial charge is 1.00 e. The molecule has 0 amide bonds. The molecular formula is C14H33Al. The van der Waals surface area contributed by atoms with Crippen LogP contribution in [0.1, 0.15) is 77.4 Å². The largest absolute Gasteiger partial charge is 3.00 e. The fourth-order valence-corrected chi connectivity index (χ4v) is 2.35. The molecule has 0 unspecified atom stereocenters. The van der Waals surface area contributed by atoms with Crippen LogP contribution >= 0.6 is 0 Å². The van der Waals surface area contributed by atoms with Crippen molar-refractivity contribution in [3.05, 3.63) is 0 Å². The molecule has 0 bridgehead atoms. The minimum Gasteiger partial charge on any atom is -1.00 e. The Kier molecular flexibility index (Phi) is 13.2. The Balaban J connectivity index is -0.000000141. The molecule has 0 aromatic carbocycles. The molecule has 0 aromatic heterocycles. The van der Waals surface area contributed by atoms with E-state index in [0.29, 0.717) is 0 Å². The number of unbranched alkanes of at least 4 members (excludes halogenated alkanes) is 2. The van der Waals surface area contributed by atoms with Crippen molar-refractivity contribution in [3.8, 4) is 0 Å². The molecular weight excluding hydrogens is 195 g/mol. The molecule has 0 aromatic rings. The molecule has 0 spiro atoms. The van der Waals surface area contributed by atoms with Crippen molar-refractivity contribution in [2.24, 2.45) is 17.8 Å². The fraction of sp³-hybridized carbons (Fsp3) is 1.00. The molecule has 0 heterocycles. The Morgan fingerprint density at radius 1 is 0.867 bits per heavy atom. The van der Waals surface area contributed by atoms with Crippen molar-refractivity contribution in [1.29, 1.82) is 0 Å². The quantitative estimate of drug-likeness (QED) is 0.394. The maximum atomic E-state index is 2.35. The van der Waals surface area contributed by atoms with Gasteiger partial charge in [0, 0.05) is 0 Å². The monoisotopic (exact) mass is 228 g/mol. The van der Waals surface area contributed by atoms with Crippen molar-refractivity contribution in [2.75, 3.05) is 0 Å². The second-order valence-electron chi connectivity index (χ2n) is 5.62. The van der Waals surface area contributed by atoms with Crippen LogP contribution in [-0.4, -0.2) is 17.4 Å². The Morgan fingerprint density at radius 3 is 1.67 bits per heavy atom. The molecule has 0 N–H and O–H groups in total. The molecule has 0 aliphatic carbocycles. The van der Waals surface area contributed by atoms with Gasteiger partial charge in [0.2, 0.25) is 0 Å². The van der Waals surface area contributed by atoms with Crippen LogP contribution < -0.4 is 0 Å². The molecule has 0 saturated heterocycles. The van der Waals surface area contributed by atoms with E-state index in [2.05, 4.69) is 34.6 Å². The van der Waals surface area contributed by atoms with Crippen molar-refractivity contribution in [2.45, 2.75) is 73.1 Å². The number of hydrogen-bond acceptors (Lipinski definition) is 0. The van der Waals surface area contributed by atoms with Crippen LogP contribution in [0.15, 0.2) is 0 Å². The van der Waals surface area contributed by atoms with Gasteiger partial charge in [-0.2, -0.15) is 0 Å². The molecule has 0 aliphatic rings. The third-order valence-corrected chi connectivity index (χ3v) is 2.83. The first-order valence-electron chi connectivity index (χ1n) is 6.56. The Bertz CT molecular complexity index is 120. The van der Waals surface area contributed by atoms with Gasteiger partial charge in [0.15, 0.2) is 0 Å². The molecule has 0 rings (SSSR count). The van der Waals surface area contributed by atoms with E-state index in [1.807, 2.05) is 0 Å². The van der Waals surface area contributed by atoms with Gasteiger partial charge in [-0.15, -0.1) is 0 Å². The normalized spacial score (nSPS) is 11.2. The van der Waals surface area contributed by atoms with Crippen molar-refractivity contribution < 1.29 is 4.28 Å². The van der Waals surface area contributed by atoms with Crippen LogP contribution in [0.2, 0.25) is 0 Å². The second-order valence-corrected chi connectivity index (χ2v) is 5.62. The SMILES string of the molecule is CCCCCC(CC(C)C)CC(C)C.[Al+3].[H-].[H-].[H-]. The summed E-state index contributed by atoms with van der Waals surface area (Å²) in [4.78, 5) is 0. The first kappa shape index (κ1) is 17.9. The van der Waals surface area contributed by atoms with Crippen molar-refractivity contribution in [1.82, 2.24) is 0 Å². The Morgan fingerprint density at radius 2 is 1.33 bits per heavy atom. The summed E-state index contributed by atoms with van der Waals surface area (Å²) in [5.74, 6) is 2.74. The molecule has 92 valence electrons. The van der Waals surface area contributed by atoms with Gasteiger partial charge in [-0.1, -0.05) is 60.3 Å². The zero-order valence-electron chi connectivity index (χ0n) is 14.6. The summed E-state index contributed by atoms with van der Waals surface area (Å²) in [7, 11) is 0. The maximum absolute atomic E-state index is 2.35. The molecule has 0 atom stereocenters. The molecule has 0 aliphatic heterocycles. The predicted octanol–water partition coefficient (Wildman–Crippen LogP) is 5.23. The molecule has 1 heteroatoms. The van der Waals surface area contributed by atoms with Crippen molar-refractivity contribution in [3.63, 3.8) is 0 Å². The average molecular weight is 228 g/mol. The summed E-state index contributed by atoms with van der Waals surface area (Å²) in [6.07, 6.45) is 8.55. The number of hydrogen-bond donors (Lipinski definition) is 0. The first-order chi connectivity index (χ1) is 6.56. The second kappa shape index (κ2) is 11.0. The van der Waals surface area contributed by atoms with E-state index >= 15 is 0 Å². The minimum atomic E-state index is 0. The van der Waals surface area contributed by atoms with Crippen LogP contribution in [0, 0.1) is 17.8 Å². The summed E-state index contributed by atoms with van der Waals surface area (Å²) in [5, 5.41) is 0. The third-order valence-electron chi connectivity index (χ3n) is 2.83. The zero-order chi connectivity index (χ0) is 11.0. The van der Waals surface area contributed by atoms with E-state index in [1.54, 1.807) is 0 Å². The van der Waals surface area contributed by atoms with Crippen LogP contribution in [0.3, 0.4) is 0 Å². The average Bonchev–Trinajstić information content (AvgIpc) is 2.02. The summed E-state index contributed by atoms with van der Waals surface area (Å²) in [5.41, 5.74) is 0. The van der Waals surface area contributed by atoms with Gasteiger partial charge in [0.05, 0.1) is 0 Å². The van der Waals surface area contributed by atoms with Crippen molar-refractivity contribution >= 4 is 17.4 Å². The van der Waals surface area contributed by atoms with E-state index < -0.39 is 0 Å². The van der Waals surface area contributed by atoms with Crippen LogP contribution in [-0.2, 0) is 0 Å². The van der Waals surface area contributed by atoms with E-state index in [4.69, 9.17) is 0 Å².